The Kier molecular flexibility index (Phi) is 5.81. The molecule has 1 atom stereocenters. The molecule has 1 heterocycles. The van der Waals surface area contributed by atoms with Gasteiger partial charge in [0.25, 0.3) is 5.69 Å². The van der Waals surface area contributed by atoms with Crippen LogP contribution in [-0.2, 0) is 10.0 Å². The number of hydrogen-bond donors (Lipinski definition) is 1. The van der Waals surface area contributed by atoms with Crippen LogP contribution in [0, 0.1) is 10.1 Å². The summed E-state index contributed by atoms with van der Waals surface area (Å²) in [5.74, 6) is 0. The molecule has 2 aromatic carbocycles. The quantitative estimate of drug-likeness (QED) is 0.602. The summed E-state index contributed by atoms with van der Waals surface area (Å²) < 4.78 is 27.1. The predicted molar refractivity (Wildman–Crippen MR) is 102 cm³/mol. The largest absolute Gasteiger partial charge is 0.327 e. The van der Waals surface area contributed by atoms with E-state index >= 15 is 0 Å². The summed E-state index contributed by atoms with van der Waals surface area (Å²) in [5, 5.41) is 11.2. The molecule has 0 spiro atoms. The smallest absolute Gasteiger partial charge is 0.269 e. The minimum atomic E-state index is -3.63. The van der Waals surface area contributed by atoms with Crippen LogP contribution < -0.4 is 4.90 Å². The Morgan fingerprint density at radius 3 is 2.44 bits per heavy atom. The first kappa shape index (κ1) is 19.8. The molecule has 27 heavy (non-hydrogen) atoms. The highest BCUT2D eigenvalue weighted by Gasteiger charge is 2.33. The second-order valence-electron chi connectivity index (χ2n) is 6.57. The van der Waals surface area contributed by atoms with E-state index in [9.17, 15) is 18.5 Å². The number of hydrogen-bond acceptors (Lipinski definition) is 4. The van der Waals surface area contributed by atoms with Crippen LogP contribution in [0.25, 0.3) is 0 Å². The summed E-state index contributed by atoms with van der Waals surface area (Å²) in [5.41, 5.74) is 0.945. The monoisotopic (exact) mass is 410 g/mol. The molecule has 0 amide bonds. The Labute approximate surface area is 163 Å². The fourth-order valence-corrected chi connectivity index (χ4v) is 5.32. The number of nitrogens with zero attached hydrogens (tertiary/aromatic N) is 2. The van der Waals surface area contributed by atoms with E-state index < -0.39 is 14.9 Å². The molecule has 144 valence electrons. The van der Waals surface area contributed by atoms with Crippen molar-refractivity contribution in [2.45, 2.75) is 17.9 Å². The van der Waals surface area contributed by atoms with Gasteiger partial charge < -0.3 is 4.90 Å². The first-order chi connectivity index (χ1) is 12.8. The summed E-state index contributed by atoms with van der Waals surface area (Å²) in [4.78, 5) is 11.9. The van der Waals surface area contributed by atoms with E-state index in [0.29, 0.717) is 26.2 Å². The zero-order valence-electron chi connectivity index (χ0n) is 14.8. The average Bonchev–Trinajstić information content (AvgIpc) is 2.68. The molecule has 2 aromatic rings. The van der Waals surface area contributed by atoms with Gasteiger partial charge in [0.2, 0.25) is 10.0 Å². The van der Waals surface area contributed by atoms with Crippen LogP contribution in [0.3, 0.4) is 0 Å². The normalized spacial score (nSPS) is 17.6. The van der Waals surface area contributed by atoms with Gasteiger partial charge in [-0.1, -0.05) is 35.9 Å². The van der Waals surface area contributed by atoms with Crippen LogP contribution in [0.2, 0.25) is 5.02 Å². The van der Waals surface area contributed by atoms with Crippen molar-refractivity contribution < 1.29 is 18.2 Å². The van der Waals surface area contributed by atoms with Crippen LogP contribution in [-0.4, -0.2) is 43.8 Å². The van der Waals surface area contributed by atoms with Gasteiger partial charge in [0.05, 0.1) is 36.1 Å². The van der Waals surface area contributed by atoms with Gasteiger partial charge in [-0.05, 0) is 19.1 Å². The number of halogens is 1. The van der Waals surface area contributed by atoms with Gasteiger partial charge in [-0.2, -0.15) is 4.31 Å². The van der Waals surface area contributed by atoms with Crippen molar-refractivity contribution in [2.24, 2.45) is 0 Å². The molecule has 3 rings (SSSR count). The number of nitrogens with one attached hydrogen (secondary N) is 1. The molecule has 0 aliphatic carbocycles. The maximum absolute atomic E-state index is 12.8. The van der Waals surface area contributed by atoms with Gasteiger partial charge in [-0.3, -0.25) is 10.1 Å². The van der Waals surface area contributed by atoms with Crippen molar-refractivity contribution >= 4 is 27.3 Å². The van der Waals surface area contributed by atoms with E-state index in [0.717, 1.165) is 5.56 Å². The van der Waals surface area contributed by atoms with Crippen molar-refractivity contribution in [2.75, 3.05) is 26.2 Å². The molecule has 9 heteroatoms. The Hall–Kier alpha value is -2.00. The molecule has 0 saturated carbocycles. The first-order valence-corrected chi connectivity index (χ1v) is 10.5. The lowest BCUT2D eigenvalue weighted by Crippen LogP contribution is -3.14. The predicted octanol–water partition coefficient (Wildman–Crippen LogP) is 1.90. The lowest BCUT2D eigenvalue weighted by Gasteiger charge is -2.35. The van der Waals surface area contributed by atoms with E-state index in [2.05, 4.69) is 0 Å². The summed E-state index contributed by atoms with van der Waals surface area (Å²) in [6.07, 6.45) is 0. The first-order valence-electron chi connectivity index (χ1n) is 8.64. The van der Waals surface area contributed by atoms with Crippen LogP contribution in [0.15, 0.2) is 53.4 Å². The molecule has 1 aliphatic heterocycles. The highest BCUT2D eigenvalue weighted by atomic mass is 35.5. The van der Waals surface area contributed by atoms with Gasteiger partial charge in [0, 0.05) is 17.7 Å². The zero-order valence-corrected chi connectivity index (χ0v) is 16.4. The highest BCUT2D eigenvalue weighted by molar-refractivity contribution is 7.89. The van der Waals surface area contributed by atoms with E-state index in [1.165, 1.54) is 21.3 Å². The van der Waals surface area contributed by atoms with Gasteiger partial charge in [0.1, 0.15) is 10.9 Å². The molecule has 1 N–H and O–H groups in total. The summed E-state index contributed by atoms with van der Waals surface area (Å²) in [7, 11) is -3.63. The number of benzene rings is 2. The molecule has 0 bridgehead atoms. The molecular weight excluding hydrogens is 390 g/mol. The van der Waals surface area contributed by atoms with Crippen molar-refractivity contribution in [3.8, 4) is 0 Å². The van der Waals surface area contributed by atoms with E-state index in [1.54, 1.807) is 30.3 Å². The van der Waals surface area contributed by atoms with Crippen molar-refractivity contribution in [1.29, 1.82) is 0 Å². The minimum absolute atomic E-state index is 0.0371. The van der Waals surface area contributed by atoms with E-state index in [-0.39, 0.29) is 21.6 Å². The van der Waals surface area contributed by atoms with Gasteiger partial charge in [0.15, 0.2) is 0 Å². The third kappa shape index (κ3) is 4.14. The number of sulfonamides is 1. The second-order valence-corrected chi connectivity index (χ2v) is 8.88. The summed E-state index contributed by atoms with van der Waals surface area (Å²) >= 11 is 6.06. The third-order valence-electron chi connectivity index (χ3n) is 5.01. The molecular formula is C18H21ClN3O4S+. The number of rotatable bonds is 5. The third-order valence-corrected chi connectivity index (χ3v) is 7.41. The lowest BCUT2D eigenvalue weighted by molar-refractivity contribution is -0.933. The number of piperazine rings is 1. The van der Waals surface area contributed by atoms with E-state index in [4.69, 9.17) is 11.6 Å². The van der Waals surface area contributed by atoms with Crippen LogP contribution in [0.5, 0.6) is 0 Å². The molecule has 1 aliphatic rings. The van der Waals surface area contributed by atoms with Gasteiger partial charge in [-0.15, -0.1) is 0 Å². The number of nitro groups is 1. The number of quaternary nitrogens is 1. The molecule has 0 aromatic heterocycles. The Morgan fingerprint density at radius 2 is 1.81 bits per heavy atom. The molecule has 7 nitrogen and oxygen atoms in total. The van der Waals surface area contributed by atoms with Crippen molar-refractivity contribution in [3.05, 3.63) is 69.2 Å². The zero-order chi connectivity index (χ0) is 19.6. The van der Waals surface area contributed by atoms with Crippen LogP contribution >= 0.6 is 11.6 Å². The topological polar surface area (TPSA) is 85.0 Å². The number of non-ortho nitro benzene ring substituents is 1. The Morgan fingerprint density at radius 1 is 1.15 bits per heavy atom. The Bertz CT molecular complexity index is 943. The fraction of sp³-hybridized carbons (Fsp3) is 0.333. The van der Waals surface area contributed by atoms with Crippen LogP contribution in [0.1, 0.15) is 18.5 Å². The fourth-order valence-electron chi connectivity index (χ4n) is 3.38. The minimum Gasteiger partial charge on any atom is -0.327 e. The second kappa shape index (κ2) is 7.93. The molecule has 1 fully saturated rings. The SMILES string of the molecule is C[C@@H](c1cccc([N+](=O)[O-])c1)[NH+]1CCN(S(=O)(=O)c2ccccc2Cl)CC1. The molecule has 1 saturated heterocycles. The van der Waals surface area contributed by atoms with Crippen LogP contribution in [0.4, 0.5) is 5.69 Å². The number of nitro benzene ring substituents is 1. The Balaban J connectivity index is 1.71. The van der Waals surface area contributed by atoms with Crippen molar-refractivity contribution in [3.63, 3.8) is 0 Å². The average molecular weight is 411 g/mol. The summed E-state index contributed by atoms with van der Waals surface area (Å²) in [6, 6.07) is 13.1. The lowest BCUT2D eigenvalue weighted by atomic mass is 10.1. The molecule has 0 unspecified atom stereocenters. The van der Waals surface area contributed by atoms with Gasteiger partial charge in [-0.25, -0.2) is 8.42 Å². The summed E-state index contributed by atoms with van der Waals surface area (Å²) in [6.45, 7) is 4.00. The van der Waals surface area contributed by atoms with Crippen molar-refractivity contribution in [1.82, 2.24) is 4.31 Å². The maximum Gasteiger partial charge on any atom is 0.269 e. The van der Waals surface area contributed by atoms with E-state index in [1.807, 2.05) is 13.0 Å². The highest BCUT2D eigenvalue weighted by Crippen LogP contribution is 2.24. The van der Waals surface area contributed by atoms with Gasteiger partial charge >= 0.3 is 0 Å². The standard InChI is InChI=1S/C18H20ClN3O4S/c1-14(15-5-4-6-16(13-15)22(23)24)20-9-11-21(12-10-20)27(25,26)18-8-3-2-7-17(18)19/h2-8,13-14H,9-12H2,1H3/p+1/t14-/m0/s1. The maximum atomic E-state index is 12.8. The molecule has 0 radical (unpaired) electrons.